The molecule has 2 aromatic heterocycles. The summed E-state index contributed by atoms with van der Waals surface area (Å²) in [5, 5.41) is 20.3. The van der Waals surface area contributed by atoms with Gasteiger partial charge in [-0.1, -0.05) is 83.9 Å². The Morgan fingerprint density at radius 2 is 1.04 bits per heavy atom. The first-order valence-corrected chi connectivity index (χ1v) is 15.6. The van der Waals surface area contributed by atoms with Gasteiger partial charge in [-0.3, -0.25) is 31.3 Å². The van der Waals surface area contributed by atoms with E-state index in [1.165, 1.54) is 9.80 Å². The highest BCUT2D eigenvalue weighted by Gasteiger charge is 2.22. The third-order valence-electron chi connectivity index (χ3n) is 6.60. The minimum Gasteiger partial charge on any atom is -0.444 e. The monoisotopic (exact) mass is 740 g/mol. The molecule has 0 spiro atoms. The molecule has 21 heteroatoms. The standard InChI is InChI=1S/C30H34Cl2N14O5/c31-19-23(43-29(47)50-15-17-7-3-1-4-8-17)41-21(33)25(39-19)45(27(35)36)11-13-49-14-12-46(28(37)38)26-22(34)42-24(20(32)40-26)44-30(48)51-16-18-9-5-2-6-10-18/h1-10H,11-16H2,(H3,35,36)(H3,37,38)(H3,33,41,43,47)(H3,34,42,44,48). The average molecular weight is 742 g/mol. The molecule has 0 aliphatic carbocycles. The summed E-state index contributed by atoms with van der Waals surface area (Å²) >= 11 is 12.5. The summed E-state index contributed by atoms with van der Waals surface area (Å²) in [4.78, 5) is 43.4. The Morgan fingerprint density at radius 3 is 1.39 bits per heavy atom. The normalized spacial score (nSPS) is 10.5. The van der Waals surface area contributed by atoms with Crippen molar-refractivity contribution in [1.29, 1.82) is 10.8 Å². The van der Waals surface area contributed by atoms with Crippen LogP contribution in [0.25, 0.3) is 0 Å². The van der Waals surface area contributed by atoms with E-state index in [-0.39, 0.29) is 84.7 Å². The minimum absolute atomic E-state index is 0.0137. The van der Waals surface area contributed by atoms with E-state index >= 15 is 0 Å². The molecule has 2 heterocycles. The highest BCUT2D eigenvalue weighted by Crippen LogP contribution is 2.28. The Kier molecular flexibility index (Phi) is 13.3. The van der Waals surface area contributed by atoms with Crippen molar-refractivity contribution in [3.8, 4) is 0 Å². The van der Waals surface area contributed by atoms with Crippen LogP contribution in [0.4, 0.5) is 44.5 Å². The number of benzene rings is 2. The molecule has 0 saturated carbocycles. The van der Waals surface area contributed by atoms with Crippen LogP contribution in [-0.2, 0) is 27.4 Å². The molecule has 0 radical (unpaired) electrons. The number of nitrogens with one attached hydrogen (secondary N) is 4. The Labute approximate surface area is 301 Å². The van der Waals surface area contributed by atoms with Gasteiger partial charge in [-0.2, -0.15) is 0 Å². The van der Waals surface area contributed by atoms with E-state index in [2.05, 4.69) is 30.6 Å². The molecule has 0 saturated heterocycles. The zero-order valence-electron chi connectivity index (χ0n) is 26.8. The van der Waals surface area contributed by atoms with Crippen LogP contribution in [0, 0.1) is 10.8 Å². The molecular formula is C30H34Cl2N14O5. The number of hydrogen-bond acceptors (Lipinski definition) is 13. The lowest BCUT2D eigenvalue weighted by atomic mass is 10.2. The van der Waals surface area contributed by atoms with Gasteiger partial charge in [-0.25, -0.2) is 29.5 Å². The lowest BCUT2D eigenvalue weighted by molar-refractivity contribution is 0.149. The summed E-state index contributed by atoms with van der Waals surface area (Å²) in [7, 11) is 0. The number of ether oxygens (including phenoxy) is 3. The van der Waals surface area contributed by atoms with Gasteiger partial charge in [0.1, 0.15) is 13.2 Å². The molecule has 2 aromatic carbocycles. The number of carbonyl (C=O) groups is 2. The summed E-state index contributed by atoms with van der Waals surface area (Å²) < 4.78 is 16.0. The predicted octanol–water partition coefficient (Wildman–Crippen LogP) is 3.35. The van der Waals surface area contributed by atoms with Gasteiger partial charge >= 0.3 is 12.2 Å². The van der Waals surface area contributed by atoms with Gasteiger partial charge in [0.25, 0.3) is 0 Å². The van der Waals surface area contributed by atoms with E-state index in [4.69, 9.17) is 71.2 Å². The second-order valence-electron chi connectivity index (χ2n) is 10.2. The van der Waals surface area contributed by atoms with E-state index in [1.54, 1.807) is 24.3 Å². The first kappa shape index (κ1) is 37.6. The van der Waals surface area contributed by atoms with Gasteiger partial charge in [0.15, 0.2) is 57.1 Å². The first-order chi connectivity index (χ1) is 24.4. The molecular weight excluding hydrogens is 707 g/mol. The first-order valence-electron chi connectivity index (χ1n) is 14.8. The van der Waals surface area contributed by atoms with Crippen LogP contribution in [0.3, 0.4) is 0 Å². The number of hydrogen-bond donors (Lipinski definition) is 8. The zero-order chi connectivity index (χ0) is 36.9. The number of carbonyl (C=O) groups excluding carboxylic acids is 2. The van der Waals surface area contributed by atoms with E-state index in [1.807, 2.05) is 36.4 Å². The van der Waals surface area contributed by atoms with Crippen LogP contribution in [0.15, 0.2) is 60.7 Å². The molecule has 12 N–H and O–H groups in total. The summed E-state index contributed by atoms with van der Waals surface area (Å²) in [6, 6.07) is 18.1. The average Bonchev–Trinajstić information content (AvgIpc) is 3.10. The number of anilines is 6. The Balaban J connectivity index is 1.30. The highest BCUT2D eigenvalue weighted by atomic mass is 35.5. The number of nitrogens with zero attached hydrogens (tertiary/aromatic N) is 6. The Morgan fingerprint density at radius 1 is 0.667 bits per heavy atom. The second kappa shape index (κ2) is 18.0. The van der Waals surface area contributed by atoms with Crippen molar-refractivity contribution in [3.63, 3.8) is 0 Å². The smallest absolute Gasteiger partial charge is 0.413 e. The van der Waals surface area contributed by atoms with Crippen LogP contribution < -0.4 is 43.4 Å². The van der Waals surface area contributed by atoms with Gasteiger partial charge in [0, 0.05) is 0 Å². The number of amides is 2. The largest absolute Gasteiger partial charge is 0.444 e. The molecule has 0 atom stereocenters. The molecule has 4 rings (SSSR count). The van der Waals surface area contributed by atoms with Crippen molar-refractivity contribution in [1.82, 2.24) is 19.9 Å². The maximum absolute atomic E-state index is 12.3. The number of nitrogens with two attached hydrogens (primary N) is 4. The van der Waals surface area contributed by atoms with Gasteiger partial charge in [-0.15, -0.1) is 0 Å². The number of halogens is 2. The molecule has 19 nitrogen and oxygen atoms in total. The summed E-state index contributed by atoms with van der Waals surface area (Å²) in [5.41, 5.74) is 25.2. The fourth-order valence-electron chi connectivity index (χ4n) is 4.20. The molecule has 0 bridgehead atoms. The Bertz CT molecular complexity index is 1720. The van der Waals surface area contributed by atoms with Crippen molar-refractivity contribution in [2.24, 2.45) is 11.5 Å². The molecule has 4 aromatic rings. The zero-order valence-corrected chi connectivity index (χ0v) is 28.3. The quantitative estimate of drug-likeness (QED) is 0.0522. The second-order valence-corrected chi connectivity index (χ2v) is 10.9. The molecule has 0 unspecified atom stereocenters. The third kappa shape index (κ3) is 10.9. The minimum atomic E-state index is -0.833. The number of aromatic nitrogens is 4. The van der Waals surface area contributed by atoms with Crippen LogP contribution >= 0.6 is 23.2 Å². The van der Waals surface area contributed by atoms with E-state index in [9.17, 15) is 9.59 Å². The molecule has 0 fully saturated rings. The van der Waals surface area contributed by atoms with Gasteiger partial charge < -0.3 is 37.1 Å². The van der Waals surface area contributed by atoms with Gasteiger partial charge in [-0.05, 0) is 11.1 Å². The van der Waals surface area contributed by atoms with E-state index in [0.29, 0.717) is 0 Å². The fraction of sp³-hybridized carbons (Fsp3) is 0.200. The van der Waals surface area contributed by atoms with Crippen LogP contribution in [0.5, 0.6) is 0 Å². The summed E-state index contributed by atoms with van der Waals surface area (Å²) in [6.07, 6.45) is -1.67. The van der Waals surface area contributed by atoms with E-state index in [0.717, 1.165) is 11.1 Å². The van der Waals surface area contributed by atoms with Crippen molar-refractivity contribution in [2.75, 3.05) is 58.2 Å². The van der Waals surface area contributed by atoms with Crippen molar-refractivity contribution in [2.45, 2.75) is 13.2 Å². The van der Waals surface area contributed by atoms with Gasteiger partial charge in [0.2, 0.25) is 0 Å². The molecule has 51 heavy (non-hydrogen) atoms. The highest BCUT2D eigenvalue weighted by molar-refractivity contribution is 6.32. The third-order valence-corrected chi connectivity index (χ3v) is 7.13. The van der Waals surface area contributed by atoms with Crippen LogP contribution in [-0.4, -0.2) is 70.3 Å². The van der Waals surface area contributed by atoms with Crippen molar-refractivity contribution in [3.05, 3.63) is 82.1 Å². The summed E-state index contributed by atoms with van der Waals surface area (Å²) in [5.74, 6) is -1.70. The number of rotatable bonds is 14. The molecule has 2 amide bonds. The molecule has 268 valence electrons. The summed E-state index contributed by atoms with van der Waals surface area (Å²) in [6.45, 7) is -0.0624. The van der Waals surface area contributed by atoms with E-state index < -0.39 is 24.1 Å². The lowest BCUT2D eigenvalue weighted by Gasteiger charge is -2.24. The molecule has 0 aliphatic heterocycles. The topological polar surface area (TPSA) is 296 Å². The lowest BCUT2D eigenvalue weighted by Crippen LogP contribution is -2.42. The van der Waals surface area contributed by atoms with Crippen LogP contribution in [0.1, 0.15) is 11.1 Å². The van der Waals surface area contributed by atoms with Crippen LogP contribution in [0.2, 0.25) is 10.3 Å². The van der Waals surface area contributed by atoms with Crippen molar-refractivity contribution >= 4 is 82.2 Å². The maximum atomic E-state index is 12.3. The van der Waals surface area contributed by atoms with Crippen molar-refractivity contribution < 1.29 is 23.8 Å². The maximum Gasteiger partial charge on any atom is 0.413 e. The predicted molar refractivity (Wildman–Crippen MR) is 193 cm³/mol. The molecule has 0 aliphatic rings. The van der Waals surface area contributed by atoms with Gasteiger partial charge in [0.05, 0.1) is 26.3 Å². The Hall–Kier alpha value is -6.18. The number of guanidine groups is 2. The fourth-order valence-corrected chi connectivity index (χ4v) is 4.54. The SMILES string of the molecule is N=C(N)N(CCOCCN(C(=N)N)c1nc(Cl)c(NC(=O)OCc2ccccc2)nc1N)c1nc(Cl)c(NC(=O)OCc2ccccc2)nc1N. The number of nitrogen functional groups attached to an aromatic ring is 2.